The van der Waals surface area contributed by atoms with Crippen LogP contribution in [0, 0.1) is 13.8 Å². The molecule has 0 fully saturated rings. The molecule has 7 heteroatoms. The fourth-order valence-corrected chi connectivity index (χ4v) is 2.39. The maximum absolute atomic E-state index is 12.1. The van der Waals surface area contributed by atoms with Gasteiger partial charge in [0.2, 0.25) is 0 Å². The lowest BCUT2D eigenvalue weighted by Crippen LogP contribution is -2.29. The number of nitrogens with one attached hydrogen (secondary N) is 2. The summed E-state index contributed by atoms with van der Waals surface area (Å²) >= 11 is 6.00. The van der Waals surface area contributed by atoms with E-state index in [9.17, 15) is 14.4 Å². The van der Waals surface area contributed by atoms with Gasteiger partial charge < -0.3 is 15.4 Å². The number of ether oxygens (including phenoxy) is 1. The van der Waals surface area contributed by atoms with E-state index in [2.05, 4.69) is 15.4 Å². The predicted octanol–water partition coefficient (Wildman–Crippen LogP) is 3.32. The lowest BCUT2D eigenvalue weighted by atomic mass is 10.1. The highest BCUT2D eigenvalue weighted by Crippen LogP contribution is 2.24. The molecule has 2 N–H and O–H groups in total. The maximum Gasteiger partial charge on any atom is 0.337 e. The SMILES string of the molecule is COC(=O)c1ccc(Cl)c(NC(=O)C(=O)Nc2c(C)cccc2C)c1. The van der Waals surface area contributed by atoms with Crippen molar-refractivity contribution in [2.24, 2.45) is 0 Å². The van der Waals surface area contributed by atoms with Crippen LogP contribution >= 0.6 is 11.6 Å². The molecule has 0 radical (unpaired) electrons. The van der Waals surface area contributed by atoms with Gasteiger partial charge in [0.1, 0.15) is 0 Å². The standard InChI is InChI=1S/C18H17ClN2O4/c1-10-5-4-6-11(2)15(10)21-17(23)16(22)20-14-9-12(18(24)25-3)7-8-13(14)19/h4-9H,1-3H3,(H,20,22)(H,21,23). The van der Waals surface area contributed by atoms with Crippen LogP contribution in [0.3, 0.4) is 0 Å². The fourth-order valence-electron chi connectivity index (χ4n) is 2.23. The molecule has 0 saturated heterocycles. The van der Waals surface area contributed by atoms with Crippen molar-refractivity contribution in [1.29, 1.82) is 0 Å². The Bertz CT molecular complexity index is 829. The van der Waals surface area contributed by atoms with Crippen molar-refractivity contribution in [3.8, 4) is 0 Å². The summed E-state index contributed by atoms with van der Waals surface area (Å²) in [7, 11) is 1.24. The van der Waals surface area contributed by atoms with Gasteiger partial charge in [-0.15, -0.1) is 0 Å². The van der Waals surface area contributed by atoms with E-state index in [1.165, 1.54) is 25.3 Å². The smallest absolute Gasteiger partial charge is 0.337 e. The minimum absolute atomic E-state index is 0.145. The topological polar surface area (TPSA) is 84.5 Å². The first-order valence-electron chi connectivity index (χ1n) is 7.40. The Balaban J connectivity index is 2.16. The van der Waals surface area contributed by atoms with Crippen molar-refractivity contribution in [3.63, 3.8) is 0 Å². The first-order valence-corrected chi connectivity index (χ1v) is 7.77. The van der Waals surface area contributed by atoms with E-state index in [1.54, 1.807) is 0 Å². The Kier molecular flexibility index (Phi) is 5.77. The normalized spacial score (nSPS) is 10.1. The van der Waals surface area contributed by atoms with Crippen molar-refractivity contribution in [2.75, 3.05) is 17.7 Å². The largest absolute Gasteiger partial charge is 0.465 e. The number of carbonyl (C=O) groups is 3. The van der Waals surface area contributed by atoms with E-state index in [4.69, 9.17) is 11.6 Å². The number of methoxy groups -OCH3 is 1. The van der Waals surface area contributed by atoms with Crippen molar-refractivity contribution in [2.45, 2.75) is 13.8 Å². The molecule has 0 aliphatic carbocycles. The minimum atomic E-state index is -0.897. The van der Waals surface area contributed by atoms with Crippen molar-refractivity contribution < 1.29 is 19.1 Å². The molecule has 6 nitrogen and oxygen atoms in total. The van der Waals surface area contributed by atoms with Gasteiger partial charge in [0.25, 0.3) is 0 Å². The van der Waals surface area contributed by atoms with Crippen LogP contribution in [-0.4, -0.2) is 24.9 Å². The predicted molar refractivity (Wildman–Crippen MR) is 96.0 cm³/mol. The molecule has 130 valence electrons. The first kappa shape index (κ1) is 18.5. The number of rotatable bonds is 3. The maximum atomic E-state index is 12.1. The second kappa shape index (κ2) is 7.81. The van der Waals surface area contributed by atoms with Gasteiger partial charge >= 0.3 is 17.8 Å². The number of benzene rings is 2. The monoisotopic (exact) mass is 360 g/mol. The van der Waals surface area contributed by atoms with Gasteiger partial charge in [-0.25, -0.2) is 4.79 Å². The van der Waals surface area contributed by atoms with Crippen LogP contribution in [0.2, 0.25) is 5.02 Å². The molecule has 0 heterocycles. The first-order chi connectivity index (χ1) is 11.8. The average Bonchev–Trinajstić information content (AvgIpc) is 2.59. The molecule has 0 aromatic heterocycles. The molecular weight excluding hydrogens is 344 g/mol. The number of aryl methyl sites for hydroxylation is 2. The van der Waals surface area contributed by atoms with Crippen LogP contribution in [0.25, 0.3) is 0 Å². The average molecular weight is 361 g/mol. The van der Waals surface area contributed by atoms with E-state index in [0.29, 0.717) is 5.69 Å². The third-order valence-corrected chi connectivity index (χ3v) is 3.89. The molecule has 2 aromatic carbocycles. The molecule has 0 aliphatic heterocycles. The Morgan fingerprint density at radius 2 is 1.56 bits per heavy atom. The van der Waals surface area contributed by atoms with Gasteiger partial charge in [0.15, 0.2) is 0 Å². The summed E-state index contributed by atoms with van der Waals surface area (Å²) in [6, 6.07) is 9.76. The van der Waals surface area contributed by atoms with Crippen molar-refractivity contribution in [3.05, 3.63) is 58.1 Å². The molecule has 0 unspecified atom stereocenters. The lowest BCUT2D eigenvalue weighted by Gasteiger charge is -2.12. The van der Waals surface area contributed by atoms with Gasteiger partial charge in [-0.1, -0.05) is 29.8 Å². The van der Waals surface area contributed by atoms with Gasteiger partial charge in [-0.2, -0.15) is 0 Å². The zero-order valence-electron chi connectivity index (χ0n) is 14.0. The molecule has 2 rings (SSSR count). The number of hydrogen-bond donors (Lipinski definition) is 2. The third-order valence-electron chi connectivity index (χ3n) is 3.56. The van der Waals surface area contributed by atoms with Gasteiger partial charge in [-0.3, -0.25) is 9.59 Å². The Morgan fingerprint density at radius 1 is 0.960 bits per heavy atom. The van der Waals surface area contributed by atoms with Gasteiger partial charge in [0.05, 0.1) is 23.4 Å². The number of halogens is 1. The van der Waals surface area contributed by atoms with Crippen LogP contribution in [-0.2, 0) is 14.3 Å². The van der Waals surface area contributed by atoms with E-state index < -0.39 is 17.8 Å². The van der Waals surface area contributed by atoms with Crippen LogP contribution < -0.4 is 10.6 Å². The van der Waals surface area contributed by atoms with Gasteiger partial charge in [0, 0.05) is 5.69 Å². The van der Waals surface area contributed by atoms with Crippen LogP contribution in [0.5, 0.6) is 0 Å². The van der Waals surface area contributed by atoms with Crippen LogP contribution in [0.4, 0.5) is 11.4 Å². The van der Waals surface area contributed by atoms with E-state index >= 15 is 0 Å². The Labute approximate surface area is 150 Å². The summed E-state index contributed by atoms with van der Waals surface area (Å²) in [5.74, 6) is -2.31. The van der Waals surface area contributed by atoms with Crippen LogP contribution in [0.1, 0.15) is 21.5 Å². The number of para-hydroxylation sites is 1. The van der Waals surface area contributed by atoms with E-state index in [1.807, 2.05) is 32.0 Å². The van der Waals surface area contributed by atoms with Crippen LogP contribution in [0.15, 0.2) is 36.4 Å². The fraction of sp³-hybridized carbons (Fsp3) is 0.167. The number of anilines is 2. The lowest BCUT2D eigenvalue weighted by molar-refractivity contribution is -0.133. The molecule has 0 bridgehead atoms. The zero-order valence-corrected chi connectivity index (χ0v) is 14.7. The Morgan fingerprint density at radius 3 is 2.16 bits per heavy atom. The summed E-state index contributed by atoms with van der Waals surface area (Å²) < 4.78 is 4.61. The summed E-state index contributed by atoms with van der Waals surface area (Å²) in [4.78, 5) is 35.8. The second-order valence-electron chi connectivity index (χ2n) is 5.36. The summed E-state index contributed by atoms with van der Waals surface area (Å²) in [6.07, 6.45) is 0. The summed E-state index contributed by atoms with van der Waals surface area (Å²) in [5.41, 5.74) is 2.61. The van der Waals surface area contributed by atoms with Crippen molar-refractivity contribution >= 4 is 40.8 Å². The van der Waals surface area contributed by atoms with E-state index in [-0.39, 0.29) is 16.3 Å². The molecule has 2 aromatic rings. The highest BCUT2D eigenvalue weighted by molar-refractivity contribution is 6.45. The Hall–Kier alpha value is -2.86. The van der Waals surface area contributed by atoms with Crippen molar-refractivity contribution in [1.82, 2.24) is 0 Å². The molecule has 2 amide bonds. The molecule has 0 spiro atoms. The molecule has 0 saturated carbocycles. The summed E-state index contributed by atoms with van der Waals surface area (Å²) in [6.45, 7) is 3.66. The molecule has 0 aliphatic rings. The quantitative estimate of drug-likeness (QED) is 0.649. The van der Waals surface area contributed by atoms with E-state index in [0.717, 1.165) is 11.1 Å². The second-order valence-corrected chi connectivity index (χ2v) is 5.77. The third kappa shape index (κ3) is 4.36. The highest BCUT2D eigenvalue weighted by atomic mass is 35.5. The molecule has 0 atom stereocenters. The number of esters is 1. The molecule has 25 heavy (non-hydrogen) atoms. The zero-order chi connectivity index (χ0) is 18.6. The molecular formula is C18H17ClN2O4. The minimum Gasteiger partial charge on any atom is -0.465 e. The highest BCUT2D eigenvalue weighted by Gasteiger charge is 2.18. The number of amides is 2. The summed E-state index contributed by atoms with van der Waals surface area (Å²) in [5, 5.41) is 5.17. The van der Waals surface area contributed by atoms with Gasteiger partial charge in [-0.05, 0) is 43.2 Å². The number of hydrogen-bond acceptors (Lipinski definition) is 4. The number of carbonyl (C=O) groups excluding carboxylic acids is 3.